The number of para-hydroxylation sites is 2. The van der Waals surface area contributed by atoms with Gasteiger partial charge in [-0.3, -0.25) is 0 Å². The lowest BCUT2D eigenvalue weighted by Gasteiger charge is -2.13. The summed E-state index contributed by atoms with van der Waals surface area (Å²) in [6, 6.07) is 48.4. The molecule has 4 nitrogen and oxygen atoms in total. The lowest BCUT2D eigenvalue weighted by atomic mass is 10.0. The predicted molar refractivity (Wildman–Crippen MR) is 175 cm³/mol. The summed E-state index contributed by atoms with van der Waals surface area (Å²) in [5.41, 5.74) is 10.8. The molecule has 200 valence electrons. The highest BCUT2D eigenvalue weighted by molar-refractivity contribution is 6.10. The molecular formula is C39H24N4. The van der Waals surface area contributed by atoms with Gasteiger partial charge in [0.15, 0.2) is 0 Å². The average Bonchev–Trinajstić information content (AvgIpc) is 3.56. The first-order chi connectivity index (χ1) is 21.1. The first-order valence-corrected chi connectivity index (χ1v) is 14.2. The highest BCUT2D eigenvalue weighted by Gasteiger charge is 2.16. The first kappa shape index (κ1) is 24.7. The minimum Gasteiger partial charge on any atom is -0.309 e. The van der Waals surface area contributed by atoms with Gasteiger partial charge in [-0.1, -0.05) is 60.2 Å². The average molecular weight is 549 g/mol. The fourth-order valence-corrected chi connectivity index (χ4v) is 6.48. The van der Waals surface area contributed by atoms with E-state index in [0.29, 0.717) is 11.1 Å². The van der Waals surface area contributed by atoms with Crippen LogP contribution < -0.4 is 0 Å². The molecule has 0 radical (unpaired) electrons. The normalized spacial score (nSPS) is 11.3. The van der Waals surface area contributed by atoms with Crippen LogP contribution in [0.15, 0.2) is 127 Å². The summed E-state index contributed by atoms with van der Waals surface area (Å²) in [4.78, 5) is 0. The van der Waals surface area contributed by atoms with E-state index in [9.17, 15) is 10.5 Å². The lowest BCUT2D eigenvalue weighted by molar-refractivity contribution is 1.17. The van der Waals surface area contributed by atoms with Crippen molar-refractivity contribution in [2.45, 2.75) is 6.92 Å². The summed E-state index contributed by atoms with van der Waals surface area (Å²) in [6.07, 6.45) is 0. The van der Waals surface area contributed by atoms with Gasteiger partial charge in [0.05, 0.1) is 45.3 Å². The van der Waals surface area contributed by atoms with Gasteiger partial charge in [0.1, 0.15) is 0 Å². The van der Waals surface area contributed by atoms with Crippen LogP contribution in [0.2, 0.25) is 0 Å². The number of aromatic nitrogens is 2. The fraction of sp³-hybridized carbons (Fsp3) is 0.0256. The number of aryl methyl sites for hydroxylation is 1. The van der Waals surface area contributed by atoms with Crippen LogP contribution in [-0.4, -0.2) is 9.13 Å². The fourth-order valence-electron chi connectivity index (χ4n) is 6.48. The van der Waals surface area contributed by atoms with E-state index in [1.54, 1.807) is 0 Å². The van der Waals surface area contributed by atoms with Gasteiger partial charge in [0.25, 0.3) is 0 Å². The lowest BCUT2D eigenvalue weighted by Crippen LogP contribution is -1.97. The summed E-state index contributed by atoms with van der Waals surface area (Å²) in [7, 11) is 0. The summed E-state index contributed by atoms with van der Waals surface area (Å²) in [6.45, 7) is 2.13. The van der Waals surface area contributed by atoms with Crippen molar-refractivity contribution in [2.75, 3.05) is 0 Å². The SMILES string of the molecule is Cc1ccc2c(c1)c1ccccc1n2-c1cccc(-c2cc(C#N)cc(-n3c4ccccc4c4cc(C#N)ccc43)c2)c1. The van der Waals surface area contributed by atoms with E-state index in [1.807, 2.05) is 42.5 Å². The molecule has 0 aliphatic heterocycles. The zero-order valence-corrected chi connectivity index (χ0v) is 23.4. The van der Waals surface area contributed by atoms with Gasteiger partial charge in [-0.2, -0.15) is 10.5 Å². The summed E-state index contributed by atoms with van der Waals surface area (Å²) >= 11 is 0. The second-order valence-corrected chi connectivity index (χ2v) is 11.0. The zero-order chi connectivity index (χ0) is 29.1. The first-order valence-electron chi connectivity index (χ1n) is 14.2. The van der Waals surface area contributed by atoms with Crippen molar-refractivity contribution in [1.82, 2.24) is 9.13 Å². The van der Waals surface area contributed by atoms with Crippen LogP contribution >= 0.6 is 0 Å². The number of rotatable bonds is 3. The molecule has 0 N–H and O–H groups in total. The Balaban J connectivity index is 1.35. The van der Waals surface area contributed by atoms with Crippen LogP contribution in [0.5, 0.6) is 0 Å². The number of nitrogens with zero attached hydrogens (tertiary/aromatic N) is 4. The molecule has 8 rings (SSSR count). The van der Waals surface area contributed by atoms with Crippen molar-refractivity contribution in [3.05, 3.63) is 144 Å². The minimum absolute atomic E-state index is 0.588. The van der Waals surface area contributed by atoms with Crippen LogP contribution in [0.4, 0.5) is 0 Å². The molecule has 6 aromatic carbocycles. The van der Waals surface area contributed by atoms with E-state index in [1.165, 1.54) is 16.3 Å². The standard InChI is InChI=1S/C39H24N4/c1-25-13-15-38-34(17-25)32-9-2-4-11-36(32)42(38)30-8-6-7-28(21-30)29-18-27(24-41)19-31(22-29)43-37-12-5-3-10-33(37)35-20-26(23-40)14-16-39(35)43/h2-22H,1H3. The van der Waals surface area contributed by atoms with Crippen molar-refractivity contribution in [3.8, 4) is 34.6 Å². The number of hydrogen-bond donors (Lipinski definition) is 0. The molecule has 0 fully saturated rings. The maximum absolute atomic E-state index is 10.1. The summed E-state index contributed by atoms with van der Waals surface area (Å²) < 4.78 is 4.51. The van der Waals surface area contributed by atoms with Crippen molar-refractivity contribution in [2.24, 2.45) is 0 Å². The topological polar surface area (TPSA) is 57.4 Å². The molecule has 0 aliphatic carbocycles. The largest absolute Gasteiger partial charge is 0.309 e. The summed E-state index contributed by atoms with van der Waals surface area (Å²) in [5, 5.41) is 24.2. The van der Waals surface area contributed by atoms with E-state index in [-0.39, 0.29) is 0 Å². The maximum atomic E-state index is 10.1. The van der Waals surface area contributed by atoms with Gasteiger partial charge in [0, 0.05) is 32.9 Å². The third kappa shape index (κ3) is 3.82. The third-order valence-electron chi connectivity index (χ3n) is 8.37. The Morgan fingerprint density at radius 1 is 0.442 bits per heavy atom. The monoisotopic (exact) mass is 548 g/mol. The van der Waals surface area contributed by atoms with Crippen molar-refractivity contribution in [3.63, 3.8) is 0 Å². The molecular weight excluding hydrogens is 524 g/mol. The summed E-state index contributed by atoms with van der Waals surface area (Å²) in [5.74, 6) is 0. The molecule has 43 heavy (non-hydrogen) atoms. The second kappa shape index (κ2) is 9.48. The molecule has 2 heterocycles. The van der Waals surface area contributed by atoms with E-state index in [0.717, 1.165) is 55.3 Å². The Bertz CT molecular complexity index is 2490. The highest BCUT2D eigenvalue weighted by Crippen LogP contribution is 2.36. The third-order valence-corrected chi connectivity index (χ3v) is 8.37. The van der Waals surface area contributed by atoms with Gasteiger partial charge in [-0.25, -0.2) is 0 Å². The minimum atomic E-state index is 0.588. The molecule has 4 heteroatoms. The Morgan fingerprint density at radius 3 is 1.77 bits per heavy atom. The molecule has 0 bridgehead atoms. The van der Waals surface area contributed by atoms with Crippen LogP contribution in [-0.2, 0) is 0 Å². The molecule has 0 spiro atoms. The molecule has 8 aromatic rings. The predicted octanol–water partition coefficient (Wildman–Crippen LogP) is 9.60. The van der Waals surface area contributed by atoms with Gasteiger partial charge in [-0.15, -0.1) is 0 Å². The zero-order valence-electron chi connectivity index (χ0n) is 23.4. The Labute approximate surface area is 248 Å². The molecule has 0 saturated carbocycles. The molecule has 0 saturated heterocycles. The quantitative estimate of drug-likeness (QED) is 0.221. The second-order valence-electron chi connectivity index (χ2n) is 11.0. The Morgan fingerprint density at radius 2 is 1.05 bits per heavy atom. The number of hydrogen-bond acceptors (Lipinski definition) is 2. The van der Waals surface area contributed by atoms with Gasteiger partial charge >= 0.3 is 0 Å². The van der Waals surface area contributed by atoms with Crippen molar-refractivity contribution < 1.29 is 0 Å². The van der Waals surface area contributed by atoms with Crippen LogP contribution in [0.1, 0.15) is 16.7 Å². The van der Waals surface area contributed by atoms with Crippen molar-refractivity contribution in [1.29, 1.82) is 10.5 Å². The van der Waals surface area contributed by atoms with E-state index >= 15 is 0 Å². The van der Waals surface area contributed by atoms with Crippen LogP contribution in [0.3, 0.4) is 0 Å². The molecule has 0 atom stereocenters. The smallest absolute Gasteiger partial charge is 0.0992 e. The maximum Gasteiger partial charge on any atom is 0.0992 e. The van der Waals surface area contributed by atoms with E-state index < -0.39 is 0 Å². The number of benzene rings is 6. The Hall–Kier alpha value is -6.10. The van der Waals surface area contributed by atoms with E-state index in [4.69, 9.17) is 0 Å². The van der Waals surface area contributed by atoms with Crippen LogP contribution in [0.25, 0.3) is 66.1 Å². The van der Waals surface area contributed by atoms with E-state index in [2.05, 4.69) is 113 Å². The van der Waals surface area contributed by atoms with Gasteiger partial charge in [0.2, 0.25) is 0 Å². The number of nitriles is 2. The van der Waals surface area contributed by atoms with Gasteiger partial charge in [-0.05, 0) is 90.8 Å². The molecule has 0 aliphatic rings. The molecule has 0 unspecified atom stereocenters. The van der Waals surface area contributed by atoms with Gasteiger partial charge < -0.3 is 9.13 Å². The Kier molecular flexibility index (Phi) is 5.44. The van der Waals surface area contributed by atoms with Crippen molar-refractivity contribution >= 4 is 43.6 Å². The molecule has 2 aromatic heterocycles. The molecule has 0 amide bonds. The van der Waals surface area contributed by atoms with Crippen LogP contribution in [0, 0.1) is 29.6 Å². The highest BCUT2D eigenvalue weighted by atomic mass is 15.0. The number of fused-ring (bicyclic) bond motifs is 6.